The highest BCUT2D eigenvalue weighted by Crippen LogP contribution is 2.21. The monoisotopic (exact) mass is 235 g/mol. The molecule has 0 rings (SSSR count). The molecule has 0 saturated carbocycles. The first-order valence-electron chi connectivity index (χ1n) is 5.42. The van der Waals surface area contributed by atoms with Gasteiger partial charge in [-0.3, -0.25) is 0 Å². The minimum Gasteiger partial charge on any atom is -0.377 e. The van der Waals surface area contributed by atoms with Crippen molar-refractivity contribution < 1.29 is 13.3 Å². The van der Waals surface area contributed by atoms with Crippen LogP contribution in [0, 0.1) is 5.92 Å². The van der Waals surface area contributed by atoms with Crippen molar-refractivity contribution in [2.45, 2.75) is 32.9 Å². The van der Waals surface area contributed by atoms with Gasteiger partial charge in [0.1, 0.15) is 0 Å². The minimum atomic E-state index is -2.45. The Bertz CT molecular complexity index is 163. The third-order valence-corrected chi connectivity index (χ3v) is 5.46. The van der Waals surface area contributed by atoms with Crippen molar-refractivity contribution in [1.29, 1.82) is 0 Å². The molecule has 15 heavy (non-hydrogen) atoms. The zero-order valence-electron chi connectivity index (χ0n) is 10.8. The second-order valence-corrected chi connectivity index (χ2v) is 6.95. The van der Waals surface area contributed by atoms with Crippen molar-refractivity contribution in [1.82, 2.24) is 5.32 Å². The first kappa shape index (κ1) is 15.1. The summed E-state index contributed by atoms with van der Waals surface area (Å²) < 4.78 is 16.8. The molecule has 0 fully saturated rings. The molecule has 0 aliphatic heterocycles. The van der Waals surface area contributed by atoms with Gasteiger partial charge < -0.3 is 18.6 Å². The first-order valence-corrected chi connectivity index (χ1v) is 7.35. The third-order valence-electron chi connectivity index (χ3n) is 2.19. The topological polar surface area (TPSA) is 39.7 Å². The molecule has 0 saturated heterocycles. The Labute approximate surface area is 94.7 Å². The summed E-state index contributed by atoms with van der Waals surface area (Å²) in [6.07, 6.45) is 0.137. The van der Waals surface area contributed by atoms with E-state index in [0.717, 1.165) is 12.6 Å². The van der Waals surface area contributed by atoms with Gasteiger partial charge in [-0.15, -0.1) is 0 Å². The van der Waals surface area contributed by atoms with E-state index in [1.807, 2.05) is 20.9 Å². The van der Waals surface area contributed by atoms with Crippen LogP contribution in [0.2, 0.25) is 6.04 Å². The Kier molecular flexibility index (Phi) is 7.38. The molecule has 0 radical (unpaired) electrons. The molecular formula is C10H25NO3Si. The van der Waals surface area contributed by atoms with Crippen LogP contribution in [-0.2, 0) is 13.3 Å². The lowest BCUT2D eigenvalue weighted by molar-refractivity contribution is 0.0665. The Hall–Kier alpha value is 0.0569. The normalized spacial score (nSPS) is 14.6. The van der Waals surface area contributed by atoms with Crippen molar-refractivity contribution in [3.8, 4) is 0 Å². The largest absolute Gasteiger partial charge is 0.500 e. The fraction of sp³-hybridized carbons (Fsp3) is 1.00. The van der Waals surface area contributed by atoms with Gasteiger partial charge in [0, 0.05) is 26.4 Å². The lowest BCUT2D eigenvalue weighted by Crippen LogP contribution is -2.47. The molecule has 0 amide bonds. The predicted octanol–water partition coefficient (Wildman–Crippen LogP) is 1.50. The van der Waals surface area contributed by atoms with Crippen molar-refractivity contribution in [2.24, 2.45) is 5.92 Å². The zero-order chi connectivity index (χ0) is 11.9. The standard InChI is InChI=1S/C10H25NO3Si/c1-9(2)14-15(12-5,13-6)8-10(3)7-11-4/h9-11H,7-8H2,1-6H3. The SMILES string of the molecule is CNCC(C)C[Si](OC)(OC)OC(C)C. The van der Waals surface area contributed by atoms with Crippen LogP contribution in [0.4, 0.5) is 0 Å². The molecule has 0 aliphatic carbocycles. The van der Waals surface area contributed by atoms with Gasteiger partial charge in [0.15, 0.2) is 0 Å². The molecule has 92 valence electrons. The van der Waals surface area contributed by atoms with E-state index >= 15 is 0 Å². The number of nitrogens with one attached hydrogen (secondary N) is 1. The van der Waals surface area contributed by atoms with Crippen LogP contribution < -0.4 is 5.32 Å². The molecular weight excluding hydrogens is 210 g/mol. The maximum Gasteiger partial charge on any atom is 0.500 e. The van der Waals surface area contributed by atoms with E-state index in [0.29, 0.717) is 5.92 Å². The highest BCUT2D eigenvalue weighted by molar-refractivity contribution is 6.60. The molecule has 1 unspecified atom stereocenters. The quantitative estimate of drug-likeness (QED) is 0.647. The Morgan fingerprint density at radius 1 is 1.13 bits per heavy atom. The number of hydrogen-bond donors (Lipinski definition) is 1. The van der Waals surface area contributed by atoms with Crippen molar-refractivity contribution in [3.63, 3.8) is 0 Å². The molecule has 5 heteroatoms. The smallest absolute Gasteiger partial charge is 0.377 e. The van der Waals surface area contributed by atoms with E-state index in [4.69, 9.17) is 13.3 Å². The fourth-order valence-corrected chi connectivity index (χ4v) is 4.11. The van der Waals surface area contributed by atoms with E-state index in [1.54, 1.807) is 14.2 Å². The van der Waals surface area contributed by atoms with Crippen molar-refractivity contribution in [2.75, 3.05) is 27.8 Å². The van der Waals surface area contributed by atoms with Gasteiger partial charge in [-0.25, -0.2) is 0 Å². The Morgan fingerprint density at radius 2 is 1.67 bits per heavy atom. The van der Waals surface area contributed by atoms with Gasteiger partial charge in [-0.2, -0.15) is 0 Å². The van der Waals surface area contributed by atoms with Crippen molar-refractivity contribution >= 4 is 8.80 Å². The lowest BCUT2D eigenvalue weighted by atomic mass is 10.2. The molecule has 0 heterocycles. The average Bonchev–Trinajstić information content (AvgIpc) is 2.16. The lowest BCUT2D eigenvalue weighted by Gasteiger charge is -2.30. The number of rotatable bonds is 8. The Morgan fingerprint density at radius 3 is 2.00 bits per heavy atom. The van der Waals surface area contributed by atoms with E-state index in [9.17, 15) is 0 Å². The molecule has 1 N–H and O–H groups in total. The van der Waals surface area contributed by atoms with Crippen LogP contribution >= 0.6 is 0 Å². The maximum atomic E-state index is 5.82. The van der Waals surface area contributed by atoms with Crippen molar-refractivity contribution in [3.05, 3.63) is 0 Å². The molecule has 0 aromatic heterocycles. The highest BCUT2D eigenvalue weighted by Gasteiger charge is 2.41. The summed E-state index contributed by atoms with van der Waals surface area (Å²) >= 11 is 0. The second-order valence-electron chi connectivity index (χ2n) is 4.12. The molecule has 4 nitrogen and oxygen atoms in total. The van der Waals surface area contributed by atoms with E-state index in [1.165, 1.54) is 0 Å². The maximum absolute atomic E-state index is 5.82. The summed E-state index contributed by atoms with van der Waals surface area (Å²) in [6.45, 7) is 7.12. The van der Waals surface area contributed by atoms with E-state index < -0.39 is 8.80 Å². The van der Waals surface area contributed by atoms with Gasteiger partial charge in [0.05, 0.1) is 0 Å². The van der Waals surface area contributed by atoms with Gasteiger partial charge in [0.2, 0.25) is 0 Å². The molecule has 0 bridgehead atoms. The van der Waals surface area contributed by atoms with Crippen LogP contribution in [0.25, 0.3) is 0 Å². The molecule has 0 aliphatic rings. The van der Waals surface area contributed by atoms with E-state index in [-0.39, 0.29) is 6.10 Å². The summed E-state index contributed by atoms with van der Waals surface area (Å²) in [6, 6.07) is 0.846. The summed E-state index contributed by atoms with van der Waals surface area (Å²) in [7, 11) is 2.84. The summed E-state index contributed by atoms with van der Waals surface area (Å²) in [5, 5.41) is 3.15. The zero-order valence-corrected chi connectivity index (χ0v) is 11.8. The van der Waals surface area contributed by atoms with Crippen LogP contribution in [-0.4, -0.2) is 42.7 Å². The Balaban J connectivity index is 4.34. The van der Waals surface area contributed by atoms with Crippen LogP contribution in [0.3, 0.4) is 0 Å². The highest BCUT2D eigenvalue weighted by atomic mass is 28.4. The average molecular weight is 235 g/mol. The predicted molar refractivity (Wildman–Crippen MR) is 63.9 cm³/mol. The van der Waals surface area contributed by atoms with Gasteiger partial charge in [-0.05, 0) is 33.4 Å². The molecule has 0 aromatic carbocycles. The summed E-state index contributed by atoms with van der Waals surface area (Å²) in [5.41, 5.74) is 0. The van der Waals surface area contributed by atoms with Gasteiger partial charge >= 0.3 is 8.80 Å². The van der Waals surface area contributed by atoms with Crippen LogP contribution in [0.5, 0.6) is 0 Å². The second kappa shape index (κ2) is 7.35. The minimum absolute atomic E-state index is 0.137. The third kappa shape index (κ3) is 5.63. The molecule has 1 atom stereocenters. The number of hydrogen-bond acceptors (Lipinski definition) is 4. The first-order chi connectivity index (χ1) is 6.99. The van der Waals surface area contributed by atoms with Gasteiger partial charge in [-0.1, -0.05) is 6.92 Å². The molecule has 0 aromatic rings. The van der Waals surface area contributed by atoms with Crippen LogP contribution in [0.1, 0.15) is 20.8 Å². The van der Waals surface area contributed by atoms with Crippen LogP contribution in [0.15, 0.2) is 0 Å². The fourth-order valence-electron chi connectivity index (χ4n) is 1.60. The summed E-state index contributed by atoms with van der Waals surface area (Å²) in [4.78, 5) is 0. The van der Waals surface area contributed by atoms with Gasteiger partial charge in [0.25, 0.3) is 0 Å². The molecule has 0 spiro atoms. The summed E-state index contributed by atoms with van der Waals surface area (Å²) in [5.74, 6) is 0.486. The van der Waals surface area contributed by atoms with E-state index in [2.05, 4.69) is 12.2 Å².